The number of hydrogen-bond acceptors (Lipinski definition) is 8. The minimum absolute atomic E-state index is 0. The molecule has 10 heteroatoms. The molecule has 5 rings (SSSR count). The Hall–Kier alpha value is -2.24. The van der Waals surface area contributed by atoms with Gasteiger partial charge in [-0.15, -0.1) is 22.7 Å². The number of rotatable bonds is 11. The van der Waals surface area contributed by atoms with Crippen LogP contribution < -0.4 is 21.7 Å². The number of esters is 2. The molecule has 2 aliphatic rings. The van der Waals surface area contributed by atoms with Crippen molar-refractivity contribution in [1.29, 1.82) is 0 Å². The highest BCUT2D eigenvalue weighted by Crippen LogP contribution is 2.45. The quantitative estimate of drug-likeness (QED) is 0.254. The van der Waals surface area contributed by atoms with Crippen molar-refractivity contribution in [3.8, 4) is 5.75 Å². The van der Waals surface area contributed by atoms with Gasteiger partial charge >= 0.3 is 11.9 Å². The topological polar surface area (TPSA) is 82.1 Å². The zero-order valence-electron chi connectivity index (χ0n) is 22.8. The summed E-state index contributed by atoms with van der Waals surface area (Å²) in [7, 11) is 2.31. The second kappa shape index (κ2) is 13.2. The highest BCUT2D eigenvalue weighted by molar-refractivity contribution is 7.12. The summed E-state index contributed by atoms with van der Waals surface area (Å²) in [6, 6.07) is 16.1. The van der Waals surface area contributed by atoms with Crippen molar-refractivity contribution in [2.24, 2.45) is 0 Å². The van der Waals surface area contributed by atoms with E-state index in [-0.39, 0.29) is 42.1 Å². The number of aliphatic hydroxyl groups is 1. The molecule has 216 valence electrons. The molecule has 0 radical (unpaired) electrons. The average Bonchev–Trinajstić information content (AvgIpc) is 3.66. The first kappa shape index (κ1) is 30.7. The van der Waals surface area contributed by atoms with E-state index in [9.17, 15) is 14.7 Å². The van der Waals surface area contributed by atoms with E-state index in [4.69, 9.17) is 14.2 Å². The van der Waals surface area contributed by atoms with Gasteiger partial charge in [-0.25, -0.2) is 4.79 Å². The number of carbonyl (C=O) groups excluding carboxylic acids is 2. The maximum absolute atomic E-state index is 13.5. The number of thiophene rings is 2. The molecule has 2 bridgehead atoms. The van der Waals surface area contributed by atoms with E-state index in [0.717, 1.165) is 42.5 Å². The van der Waals surface area contributed by atoms with E-state index < -0.39 is 11.6 Å². The Morgan fingerprint density at radius 1 is 1.02 bits per heavy atom. The monoisotopic (exact) mass is 649 g/mol. The van der Waals surface area contributed by atoms with Gasteiger partial charge < -0.3 is 40.8 Å². The van der Waals surface area contributed by atoms with Crippen molar-refractivity contribution in [3.05, 3.63) is 74.6 Å². The van der Waals surface area contributed by atoms with E-state index in [0.29, 0.717) is 28.4 Å². The van der Waals surface area contributed by atoms with Gasteiger partial charge in [-0.05, 0) is 41.9 Å². The van der Waals surface area contributed by atoms with Gasteiger partial charge in [0.25, 0.3) is 0 Å². The van der Waals surface area contributed by atoms with Crippen LogP contribution in [0, 0.1) is 0 Å². The first-order chi connectivity index (χ1) is 18.8. The number of quaternary nitrogens is 1. The van der Waals surface area contributed by atoms with Gasteiger partial charge in [0.15, 0.2) is 0 Å². The van der Waals surface area contributed by atoms with E-state index in [1.165, 1.54) is 28.2 Å². The number of benzene rings is 1. The summed E-state index contributed by atoms with van der Waals surface area (Å²) in [5, 5.41) is 15.4. The molecular weight excluding hydrogens is 614 g/mol. The van der Waals surface area contributed by atoms with Gasteiger partial charge in [-0.1, -0.05) is 24.3 Å². The molecule has 0 amide bonds. The highest BCUT2D eigenvalue weighted by Gasteiger charge is 2.54. The van der Waals surface area contributed by atoms with Crippen LogP contribution in [0.1, 0.15) is 54.3 Å². The Morgan fingerprint density at radius 2 is 1.68 bits per heavy atom. The smallest absolute Gasteiger partial charge is 0.349 e. The second-order valence-corrected chi connectivity index (χ2v) is 12.5. The molecule has 1 aromatic carbocycles. The third-order valence-corrected chi connectivity index (χ3v) is 10.2. The Labute approximate surface area is 254 Å². The Kier molecular flexibility index (Phi) is 10.1. The molecule has 2 fully saturated rings. The van der Waals surface area contributed by atoms with Crippen LogP contribution >= 0.6 is 22.7 Å². The fourth-order valence-corrected chi connectivity index (χ4v) is 7.90. The molecule has 0 spiro atoms. The van der Waals surface area contributed by atoms with Gasteiger partial charge in [-0.2, -0.15) is 0 Å². The highest BCUT2D eigenvalue weighted by atomic mass is 79.9. The lowest BCUT2D eigenvalue weighted by molar-refractivity contribution is -0.961. The third-order valence-electron chi connectivity index (χ3n) is 8.20. The van der Waals surface area contributed by atoms with Crippen LogP contribution in [0.4, 0.5) is 0 Å². The Balaban J connectivity index is 0.00000370. The first-order valence-corrected chi connectivity index (χ1v) is 15.3. The maximum atomic E-state index is 13.5. The van der Waals surface area contributed by atoms with Crippen LogP contribution in [0.25, 0.3) is 0 Å². The van der Waals surface area contributed by atoms with Gasteiger partial charge in [0.2, 0.25) is 5.60 Å². The van der Waals surface area contributed by atoms with Crippen molar-refractivity contribution in [2.45, 2.75) is 69.4 Å². The summed E-state index contributed by atoms with van der Waals surface area (Å²) in [5.41, 5.74) is -0.590. The van der Waals surface area contributed by atoms with Gasteiger partial charge in [0.05, 0.1) is 48.5 Å². The average molecular weight is 651 g/mol. The molecular formula is C30H36BrNO6S2. The van der Waals surface area contributed by atoms with Crippen molar-refractivity contribution in [3.63, 3.8) is 0 Å². The standard InChI is InChI=1S/C30H36NO6S2.BrH/c1-3-35-28(32)13-14-36-24-8-4-7-21(17-24)20-31(2)22-11-12-23(31)19-25(18-22)37-29(33)30(34,26-9-5-15-38-26)27-10-6-16-39-27;/h4-10,15-17,22-23,25,34H,3,11-14,18-20H2,1-2H3;1H/q+1;/p-1/t22-,23+,25+,31-;. The summed E-state index contributed by atoms with van der Waals surface area (Å²) < 4.78 is 17.8. The van der Waals surface area contributed by atoms with Crippen molar-refractivity contribution >= 4 is 34.6 Å². The Bertz CT molecular complexity index is 1220. The van der Waals surface area contributed by atoms with Crippen LogP contribution in [0.5, 0.6) is 5.75 Å². The van der Waals surface area contributed by atoms with Crippen LogP contribution in [0.3, 0.4) is 0 Å². The van der Waals surface area contributed by atoms with Gasteiger partial charge in [0, 0.05) is 31.2 Å². The zero-order chi connectivity index (χ0) is 27.5. The van der Waals surface area contributed by atoms with E-state index in [2.05, 4.69) is 19.2 Å². The summed E-state index contributed by atoms with van der Waals surface area (Å²) in [4.78, 5) is 26.3. The SMILES string of the molecule is CCOC(=O)CCOc1cccc(C[N@+]2(C)[C@@H]3CC[C@H]2C[C@@H](OC(=O)C(O)(c2cccs2)c2cccs2)C3)c1.[Br-]. The number of piperidine rings is 1. The molecule has 1 N–H and O–H groups in total. The number of hydrogen-bond donors (Lipinski definition) is 1. The molecule has 4 heterocycles. The number of nitrogens with zero attached hydrogens (tertiary/aromatic N) is 1. The first-order valence-electron chi connectivity index (χ1n) is 13.6. The lowest BCUT2D eigenvalue weighted by atomic mass is 9.94. The molecule has 40 heavy (non-hydrogen) atoms. The minimum atomic E-state index is -1.77. The Morgan fingerprint density at radius 3 is 2.25 bits per heavy atom. The van der Waals surface area contributed by atoms with Crippen LogP contribution in [-0.2, 0) is 31.2 Å². The number of ether oxygens (including phenoxy) is 3. The largest absolute Gasteiger partial charge is 1.00 e. The number of fused-ring (bicyclic) bond motifs is 2. The normalized spacial score (nSPS) is 23.7. The van der Waals surface area contributed by atoms with E-state index in [1.54, 1.807) is 19.1 Å². The molecule has 0 unspecified atom stereocenters. The summed E-state index contributed by atoms with van der Waals surface area (Å²) in [6.45, 7) is 3.31. The predicted octanol–water partition coefficient (Wildman–Crippen LogP) is 2.26. The third kappa shape index (κ3) is 6.31. The van der Waals surface area contributed by atoms with Crippen LogP contribution in [0.15, 0.2) is 59.3 Å². The molecule has 0 aliphatic carbocycles. The minimum Gasteiger partial charge on any atom is -1.00 e. The fourth-order valence-electron chi connectivity index (χ4n) is 6.19. The lowest BCUT2D eigenvalue weighted by Crippen LogP contribution is -3.00. The van der Waals surface area contributed by atoms with Crippen LogP contribution in [0.2, 0.25) is 0 Å². The van der Waals surface area contributed by atoms with Crippen LogP contribution in [-0.4, -0.2) is 60.0 Å². The maximum Gasteiger partial charge on any atom is 0.349 e. The van der Waals surface area contributed by atoms with Crippen molar-refractivity contribution in [2.75, 3.05) is 20.3 Å². The molecule has 2 saturated heterocycles. The molecule has 7 nitrogen and oxygen atoms in total. The van der Waals surface area contributed by atoms with Crippen molar-refractivity contribution < 1.29 is 50.4 Å². The number of halogens is 1. The molecule has 2 aliphatic heterocycles. The predicted molar refractivity (Wildman–Crippen MR) is 151 cm³/mol. The second-order valence-electron chi connectivity index (χ2n) is 10.6. The van der Waals surface area contributed by atoms with Gasteiger partial charge in [-0.3, -0.25) is 4.79 Å². The molecule has 0 saturated carbocycles. The number of carbonyl (C=O) groups is 2. The summed E-state index contributed by atoms with van der Waals surface area (Å²) in [6.07, 6.45) is 3.74. The molecule has 4 atom stereocenters. The molecule has 2 aromatic heterocycles. The van der Waals surface area contributed by atoms with Gasteiger partial charge in [0.1, 0.15) is 18.4 Å². The van der Waals surface area contributed by atoms with Crippen molar-refractivity contribution in [1.82, 2.24) is 0 Å². The summed E-state index contributed by atoms with van der Waals surface area (Å²) >= 11 is 2.72. The summed E-state index contributed by atoms with van der Waals surface area (Å²) in [5.74, 6) is -0.0855. The molecule has 3 aromatic rings. The van der Waals surface area contributed by atoms with E-state index >= 15 is 0 Å². The fraction of sp³-hybridized carbons (Fsp3) is 0.467. The lowest BCUT2D eigenvalue weighted by Gasteiger charge is -2.47. The zero-order valence-corrected chi connectivity index (χ0v) is 26.0. The van der Waals surface area contributed by atoms with E-state index in [1.807, 2.05) is 35.0 Å².